The standard InChI is InChI=1S/C21H26N4O3/c1-13-8-9-17(18(11-13)28-2)19-15-6-3-7-16(15)20(24-23-19)22-14-5-4-10-25(12-14)21(26)27/h8-9,11,14H,3-7,10,12H2,1-2H3,(H,22,24)(H,26,27)/t14-/m1/s1. The van der Waals surface area contributed by atoms with E-state index in [0.717, 1.165) is 60.5 Å². The van der Waals surface area contributed by atoms with E-state index in [-0.39, 0.29) is 6.04 Å². The van der Waals surface area contributed by atoms with E-state index in [2.05, 4.69) is 27.6 Å². The molecule has 0 saturated carbocycles. The van der Waals surface area contributed by atoms with Gasteiger partial charge in [-0.15, -0.1) is 10.2 Å². The predicted molar refractivity (Wildman–Crippen MR) is 107 cm³/mol. The minimum atomic E-state index is -0.857. The van der Waals surface area contributed by atoms with Gasteiger partial charge >= 0.3 is 6.09 Å². The molecule has 1 amide bonds. The highest BCUT2D eigenvalue weighted by atomic mass is 16.5. The van der Waals surface area contributed by atoms with E-state index in [1.165, 1.54) is 16.0 Å². The Balaban J connectivity index is 1.64. The van der Waals surface area contributed by atoms with Crippen LogP contribution in [0.3, 0.4) is 0 Å². The first-order valence-electron chi connectivity index (χ1n) is 9.84. The first-order valence-corrected chi connectivity index (χ1v) is 9.84. The number of hydrogen-bond acceptors (Lipinski definition) is 5. The average Bonchev–Trinajstić information content (AvgIpc) is 3.19. The summed E-state index contributed by atoms with van der Waals surface area (Å²) in [5.41, 5.74) is 5.44. The molecule has 1 aliphatic carbocycles. The third-order valence-corrected chi connectivity index (χ3v) is 5.68. The van der Waals surface area contributed by atoms with Crippen LogP contribution in [0.1, 0.15) is 36.0 Å². The molecule has 1 atom stereocenters. The quantitative estimate of drug-likeness (QED) is 0.841. The Morgan fingerprint density at radius 2 is 2.07 bits per heavy atom. The molecule has 1 fully saturated rings. The Labute approximate surface area is 164 Å². The van der Waals surface area contributed by atoms with Crippen LogP contribution in [-0.4, -0.2) is 52.5 Å². The summed E-state index contributed by atoms with van der Waals surface area (Å²) in [4.78, 5) is 12.8. The number of hydrogen-bond donors (Lipinski definition) is 2. The number of carbonyl (C=O) groups is 1. The van der Waals surface area contributed by atoms with E-state index >= 15 is 0 Å². The molecule has 0 spiro atoms. The molecule has 0 unspecified atom stereocenters. The third-order valence-electron chi connectivity index (χ3n) is 5.68. The summed E-state index contributed by atoms with van der Waals surface area (Å²) in [7, 11) is 1.68. The molecule has 1 aliphatic heterocycles. The molecule has 0 bridgehead atoms. The number of rotatable bonds is 4. The van der Waals surface area contributed by atoms with E-state index in [4.69, 9.17) is 4.74 Å². The molecule has 2 N–H and O–H groups in total. The summed E-state index contributed by atoms with van der Waals surface area (Å²) in [6.45, 7) is 3.13. The monoisotopic (exact) mass is 382 g/mol. The summed E-state index contributed by atoms with van der Waals surface area (Å²) < 4.78 is 5.58. The van der Waals surface area contributed by atoms with Gasteiger partial charge in [0.2, 0.25) is 0 Å². The molecule has 0 radical (unpaired) electrons. The van der Waals surface area contributed by atoms with Crippen molar-refractivity contribution in [1.29, 1.82) is 0 Å². The van der Waals surface area contributed by atoms with Crippen LogP contribution in [0.2, 0.25) is 0 Å². The summed E-state index contributed by atoms with van der Waals surface area (Å²) in [6.07, 6.45) is 3.95. The fraction of sp³-hybridized carbons (Fsp3) is 0.476. The van der Waals surface area contributed by atoms with Crippen LogP contribution in [0.15, 0.2) is 18.2 Å². The maximum absolute atomic E-state index is 11.3. The zero-order valence-electron chi connectivity index (χ0n) is 16.4. The zero-order valence-corrected chi connectivity index (χ0v) is 16.4. The molecule has 1 aromatic carbocycles. The Morgan fingerprint density at radius 3 is 2.86 bits per heavy atom. The van der Waals surface area contributed by atoms with E-state index in [1.807, 2.05) is 13.0 Å². The number of nitrogens with one attached hydrogen (secondary N) is 1. The van der Waals surface area contributed by atoms with Gasteiger partial charge in [-0.25, -0.2) is 4.79 Å². The summed E-state index contributed by atoms with van der Waals surface area (Å²) in [6, 6.07) is 6.21. The number of methoxy groups -OCH3 is 1. The number of carboxylic acid groups (broad SMARTS) is 1. The molecule has 28 heavy (non-hydrogen) atoms. The number of aryl methyl sites for hydroxylation is 1. The Kier molecular flexibility index (Phi) is 5.07. The second-order valence-corrected chi connectivity index (χ2v) is 7.62. The lowest BCUT2D eigenvalue weighted by molar-refractivity contribution is 0.132. The van der Waals surface area contributed by atoms with Crippen molar-refractivity contribution < 1.29 is 14.6 Å². The van der Waals surface area contributed by atoms with Crippen LogP contribution in [0.4, 0.5) is 10.6 Å². The van der Waals surface area contributed by atoms with Crippen molar-refractivity contribution in [2.45, 2.75) is 45.1 Å². The SMILES string of the molecule is COc1cc(C)ccc1-c1nnc(N[C@@H]2CCCN(C(=O)O)C2)c2c1CCC2. The van der Waals surface area contributed by atoms with Gasteiger partial charge in [0, 0.05) is 30.3 Å². The van der Waals surface area contributed by atoms with Gasteiger partial charge in [0.15, 0.2) is 5.82 Å². The van der Waals surface area contributed by atoms with E-state index in [9.17, 15) is 9.90 Å². The molecule has 2 aliphatic rings. The summed E-state index contributed by atoms with van der Waals surface area (Å²) in [5.74, 6) is 1.62. The molecule has 2 aromatic rings. The van der Waals surface area contributed by atoms with Crippen molar-refractivity contribution >= 4 is 11.9 Å². The predicted octanol–water partition coefficient (Wildman–Crippen LogP) is 3.50. The molecule has 1 saturated heterocycles. The largest absolute Gasteiger partial charge is 0.496 e. The number of likely N-dealkylation sites (tertiary alicyclic amines) is 1. The molecule has 7 heteroatoms. The van der Waals surface area contributed by atoms with Gasteiger partial charge in [0.05, 0.1) is 7.11 Å². The van der Waals surface area contributed by atoms with Crippen LogP contribution < -0.4 is 10.1 Å². The lowest BCUT2D eigenvalue weighted by Gasteiger charge is -2.31. The minimum Gasteiger partial charge on any atom is -0.496 e. The van der Waals surface area contributed by atoms with Crippen LogP contribution in [0, 0.1) is 6.92 Å². The molecule has 2 heterocycles. The minimum absolute atomic E-state index is 0.0728. The average molecular weight is 382 g/mol. The normalized spacial score (nSPS) is 18.6. The summed E-state index contributed by atoms with van der Waals surface area (Å²) >= 11 is 0. The van der Waals surface area contributed by atoms with Gasteiger partial charge < -0.3 is 20.1 Å². The van der Waals surface area contributed by atoms with Gasteiger partial charge in [-0.3, -0.25) is 0 Å². The number of anilines is 1. The van der Waals surface area contributed by atoms with Crippen LogP contribution >= 0.6 is 0 Å². The molecular weight excluding hydrogens is 356 g/mol. The van der Waals surface area contributed by atoms with Gasteiger partial charge in [-0.1, -0.05) is 6.07 Å². The number of piperidine rings is 1. The van der Waals surface area contributed by atoms with E-state index in [0.29, 0.717) is 13.1 Å². The molecule has 148 valence electrons. The van der Waals surface area contributed by atoms with Crippen molar-refractivity contribution in [3.05, 3.63) is 34.9 Å². The van der Waals surface area contributed by atoms with Crippen LogP contribution in [-0.2, 0) is 12.8 Å². The first-order chi connectivity index (χ1) is 13.6. The fourth-order valence-corrected chi connectivity index (χ4v) is 4.28. The van der Waals surface area contributed by atoms with Crippen molar-refractivity contribution in [3.63, 3.8) is 0 Å². The van der Waals surface area contributed by atoms with Crippen molar-refractivity contribution in [3.8, 4) is 17.0 Å². The lowest BCUT2D eigenvalue weighted by Crippen LogP contribution is -2.44. The Bertz CT molecular complexity index is 899. The highest BCUT2D eigenvalue weighted by Crippen LogP contribution is 2.38. The maximum atomic E-state index is 11.3. The fourth-order valence-electron chi connectivity index (χ4n) is 4.28. The Morgan fingerprint density at radius 1 is 1.25 bits per heavy atom. The lowest BCUT2D eigenvalue weighted by atomic mass is 10.0. The highest BCUT2D eigenvalue weighted by molar-refractivity contribution is 5.73. The topological polar surface area (TPSA) is 87.6 Å². The molecule has 7 nitrogen and oxygen atoms in total. The van der Waals surface area contributed by atoms with Crippen molar-refractivity contribution in [1.82, 2.24) is 15.1 Å². The zero-order chi connectivity index (χ0) is 19.7. The van der Waals surface area contributed by atoms with Gasteiger partial charge in [0.1, 0.15) is 11.4 Å². The number of benzene rings is 1. The number of amides is 1. The maximum Gasteiger partial charge on any atom is 0.407 e. The van der Waals surface area contributed by atoms with Crippen LogP contribution in [0.5, 0.6) is 5.75 Å². The summed E-state index contributed by atoms with van der Waals surface area (Å²) in [5, 5.41) is 21.8. The second kappa shape index (κ2) is 7.66. The Hall–Kier alpha value is -2.83. The number of fused-ring (bicyclic) bond motifs is 1. The smallest absolute Gasteiger partial charge is 0.407 e. The van der Waals surface area contributed by atoms with Crippen LogP contribution in [0.25, 0.3) is 11.3 Å². The van der Waals surface area contributed by atoms with Gasteiger partial charge in [0.25, 0.3) is 0 Å². The van der Waals surface area contributed by atoms with Gasteiger partial charge in [-0.05, 0) is 62.3 Å². The highest BCUT2D eigenvalue weighted by Gasteiger charge is 2.27. The van der Waals surface area contributed by atoms with E-state index < -0.39 is 6.09 Å². The number of ether oxygens (including phenoxy) is 1. The van der Waals surface area contributed by atoms with Gasteiger partial charge in [-0.2, -0.15) is 0 Å². The first kappa shape index (κ1) is 18.5. The molecule has 1 aromatic heterocycles. The number of nitrogens with zero attached hydrogens (tertiary/aromatic N) is 3. The van der Waals surface area contributed by atoms with Crippen molar-refractivity contribution in [2.24, 2.45) is 0 Å². The molecular formula is C21H26N4O3. The second-order valence-electron chi connectivity index (χ2n) is 7.62. The van der Waals surface area contributed by atoms with Crippen molar-refractivity contribution in [2.75, 3.05) is 25.5 Å². The third kappa shape index (κ3) is 3.48. The van der Waals surface area contributed by atoms with E-state index in [1.54, 1.807) is 7.11 Å². The number of aromatic nitrogens is 2. The molecule has 4 rings (SSSR count).